The Balaban J connectivity index is 0.000000284. The Kier molecular flexibility index (Phi) is 15.6. The molecule has 2 aromatic rings. The van der Waals surface area contributed by atoms with Gasteiger partial charge in [0.05, 0.1) is 23.0 Å². The fourth-order valence-electron chi connectivity index (χ4n) is 4.34. The van der Waals surface area contributed by atoms with Gasteiger partial charge < -0.3 is 45.6 Å². The molecule has 13 nitrogen and oxygen atoms in total. The van der Waals surface area contributed by atoms with Crippen LogP contribution in [0.5, 0.6) is 0 Å². The summed E-state index contributed by atoms with van der Waals surface area (Å²) in [6.45, 7) is 9.13. The minimum absolute atomic E-state index is 0.134. The van der Waals surface area contributed by atoms with Crippen molar-refractivity contribution in [3.05, 3.63) is 71.8 Å². The van der Waals surface area contributed by atoms with Crippen molar-refractivity contribution in [3.63, 3.8) is 0 Å². The molecule has 2 heterocycles. The molecule has 2 aliphatic heterocycles. The second-order valence-electron chi connectivity index (χ2n) is 12.8. The lowest BCUT2D eigenvalue weighted by Gasteiger charge is -2.20. The van der Waals surface area contributed by atoms with E-state index >= 15 is 0 Å². The summed E-state index contributed by atoms with van der Waals surface area (Å²) in [6.07, 6.45) is 0.266. The topological polar surface area (TPSA) is 192 Å². The van der Waals surface area contributed by atoms with Crippen LogP contribution in [0.2, 0.25) is 0 Å². The van der Waals surface area contributed by atoms with E-state index in [0.717, 1.165) is 11.1 Å². The lowest BCUT2D eigenvalue weighted by molar-refractivity contribution is -0.141. The predicted octanol–water partition coefficient (Wildman–Crippen LogP) is 2.98. The molecule has 0 radical (unpaired) electrons. The zero-order valence-corrected chi connectivity index (χ0v) is 27.8. The number of hydrogen-bond acceptors (Lipinski definition) is 9. The number of nitrogens with two attached hydrogens (primary N) is 1. The smallest absolute Gasteiger partial charge is 0.410 e. The van der Waals surface area contributed by atoms with Gasteiger partial charge in [-0.2, -0.15) is 0 Å². The molecule has 0 spiro atoms. The maximum Gasteiger partial charge on any atom is 0.410 e. The van der Waals surface area contributed by atoms with E-state index in [4.69, 9.17) is 25.4 Å². The van der Waals surface area contributed by atoms with E-state index in [-0.39, 0.29) is 38.1 Å². The van der Waals surface area contributed by atoms with Gasteiger partial charge in [-0.25, -0.2) is 9.59 Å². The summed E-state index contributed by atoms with van der Waals surface area (Å²) in [7, 11) is 0. The van der Waals surface area contributed by atoms with Crippen LogP contribution in [0.15, 0.2) is 60.7 Å². The van der Waals surface area contributed by atoms with E-state index in [9.17, 15) is 24.3 Å². The van der Waals surface area contributed by atoms with Crippen molar-refractivity contribution >= 4 is 24.1 Å². The van der Waals surface area contributed by atoms with Gasteiger partial charge in [-0.1, -0.05) is 60.7 Å². The molecular formula is C34H50N4O9. The Hall–Kier alpha value is -4.20. The number of aliphatic carboxylic acids is 1. The van der Waals surface area contributed by atoms with Gasteiger partial charge >= 0.3 is 18.2 Å². The van der Waals surface area contributed by atoms with E-state index in [0.29, 0.717) is 39.0 Å². The average Bonchev–Trinajstić information content (AvgIpc) is 3.74. The molecule has 2 aromatic carbocycles. The molecule has 47 heavy (non-hydrogen) atoms. The van der Waals surface area contributed by atoms with Gasteiger partial charge in [0.2, 0.25) is 5.91 Å². The van der Waals surface area contributed by atoms with Gasteiger partial charge in [-0.05, 0) is 51.7 Å². The third kappa shape index (κ3) is 15.8. The highest BCUT2D eigenvalue weighted by atomic mass is 16.6. The third-order valence-corrected chi connectivity index (χ3v) is 7.22. The molecule has 3 amide bonds. The second-order valence-corrected chi connectivity index (χ2v) is 12.8. The molecule has 0 unspecified atom stereocenters. The molecule has 2 fully saturated rings. The van der Waals surface area contributed by atoms with E-state index in [1.807, 2.05) is 60.7 Å². The van der Waals surface area contributed by atoms with Crippen molar-refractivity contribution in [3.8, 4) is 0 Å². The minimum Gasteiger partial charge on any atom is -0.481 e. The van der Waals surface area contributed by atoms with Gasteiger partial charge in [0.1, 0.15) is 13.2 Å². The van der Waals surface area contributed by atoms with E-state index in [1.54, 1.807) is 32.6 Å². The molecule has 2 atom stereocenters. The van der Waals surface area contributed by atoms with E-state index < -0.39 is 35.3 Å². The fraction of sp³-hybridized carbons (Fsp3) is 0.529. The minimum atomic E-state index is -0.942. The fourth-order valence-corrected chi connectivity index (χ4v) is 4.34. The summed E-state index contributed by atoms with van der Waals surface area (Å²) >= 11 is 0. The number of carboxylic acids is 1. The van der Waals surface area contributed by atoms with Crippen molar-refractivity contribution in [2.24, 2.45) is 17.6 Å². The van der Waals surface area contributed by atoms with Gasteiger partial charge in [-0.3, -0.25) is 9.59 Å². The summed E-state index contributed by atoms with van der Waals surface area (Å²) in [5, 5.41) is 29.9. The number of nitrogens with one attached hydrogen (secondary N) is 1. The van der Waals surface area contributed by atoms with Crippen LogP contribution in [-0.2, 0) is 32.3 Å². The quantitative estimate of drug-likeness (QED) is 0.268. The summed E-state index contributed by atoms with van der Waals surface area (Å²) in [6, 6.07) is 18.9. The van der Waals surface area contributed by atoms with Crippen molar-refractivity contribution in [2.45, 2.75) is 65.0 Å². The van der Waals surface area contributed by atoms with Crippen LogP contribution >= 0.6 is 0 Å². The Morgan fingerprint density at radius 1 is 0.766 bits per heavy atom. The Bertz CT molecular complexity index is 1260. The van der Waals surface area contributed by atoms with Crippen LogP contribution in [0.25, 0.3) is 0 Å². The molecule has 0 bridgehead atoms. The van der Waals surface area contributed by atoms with Gasteiger partial charge in [0, 0.05) is 39.3 Å². The molecule has 13 heteroatoms. The number of rotatable bonds is 9. The number of carbonyl (C=O) groups is 4. The first-order valence-corrected chi connectivity index (χ1v) is 15.6. The zero-order valence-electron chi connectivity index (χ0n) is 27.8. The molecule has 4 rings (SSSR count). The Morgan fingerprint density at radius 3 is 1.53 bits per heavy atom. The number of aliphatic hydroxyl groups is 2. The first-order chi connectivity index (χ1) is 22.1. The monoisotopic (exact) mass is 658 g/mol. The maximum atomic E-state index is 12.0. The van der Waals surface area contributed by atoms with Crippen molar-refractivity contribution in [1.82, 2.24) is 15.1 Å². The number of benzene rings is 2. The van der Waals surface area contributed by atoms with Crippen LogP contribution < -0.4 is 11.1 Å². The molecule has 6 N–H and O–H groups in total. The molecule has 0 aromatic heterocycles. The average molecular weight is 659 g/mol. The largest absolute Gasteiger partial charge is 0.481 e. The van der Waals surface area contributed by atoms with Crippen LogP contribution in [0.3, 0.4) is 0 Å². The molecular weight excluding hydrogens is 608 g/mol. The molecule has 2 aliphatic rings. The third-order valence-electron chi connectivity index (χ3n) is 7.22. The zero-order chi connectivity index (χ0) is 35.0. The van der Waals surface area contributed by atoms with Crippen LogP contribution in [0, 0.1) is 11.8 Å². The predicted molar refractivity (Wildman–Crippen MR) is 175 cm³/mol. The van der Waals surface area contributed by atoms with Crippen LogP contribution in [0.1, 0.15) is 51.7 Å². The first kappa shape index (κ1) is 39.0. The van der Waals surface area contributed by atoms with Crippen molar-refractivity contribution in [2.75, 3.05) is 39.3 Å². The number of amides is 3. The lowest BCUT2D eigenvalue weighted by Crippen LogP contribution is -2.41. The summed E-state index contributed by atoms with van der Waals surface area (Å²) in [5.41, 5.74) is 5.28. The number of carboxylic acid groups (broad SMARTS) is 1. The summed E-state index contributed by atoms with van der Waals surface area (Å²) < 4.78 is 10.4. The summed E-state index contributed by atoms with van der Waals surface area (Å²) in [5.74, 6) is -1.70. The van der Waals surface area contributed by atoms with Crippen LogP contribution in [-0.4, -0.2) is 99.7 Å². The van der Waals surface area contributed by atoms with Gasteiger partial charge in [-0.15, -0.1) is 0 Å². The van der Waals surface area contributed by atoms with Gasteiger partial charge in [0.25, 0.3) is 0 Å². The number of carbonyl (C=O) groups excluding carboxylic acids is 3. The highest BCUT2D eigenvalue weighted by Crippen LogP contribution is 2.19. The molecule has 2 saturated heterocycles. The number of hydrogen-bond donors (Lipinski definition) is 5. The maximum absolute atomic E-state index is 12.0. The first-order valence-electron chi connectivity index (χ1n) is 15.6. The summed E-state index contributed by atoms with van der Waals surface area (Å²) in [4.78, 5) is 49.5. The number of nitrogens with zero attached hydrogens (tertiary/aromatic N) is 2. The second kappa shape index (κ2) is 18.8. The highest BCUT2D eigenvalue weighted by molar-refractivity contribution is 5.80. The number of ether oxygens (including phenoxy) is 2. The molecule has 0 saturated carbocycles. The van der Waals surface area contributed by atoms with E-state index in [2.05, 4.69) is 5.32 Å². The lowest BCUT2D eigenvalue weighted by atomic mass is 10.1. The van der Waals surface area contributed by atoms with Gasteiger partial charge in [0.15, 0.2) is 0 Å². The van der Waals surface area contributed by atoms with Crippen molar-refractivity contribution < 1.29 is 44.0 Å². The standard InChI is InChI=1S/C17H24N2O4.C13H15NO4.C4H11NO/c1-17(2,22)12-18-15(20)14-8-9-19(10-14)16(21)23-11-13-6-4-3-5-7-13;15-12(16)11-6-7-14(8-11)13(17)18-9-10-4-2-1-3-5-10;1-4(2,6)3-5/h3-7,14,22H,8-12H2,1-2H3,(H,18,20);1-5,11H,6-9H2,(H,15,16);6H,3,5H2,1-2H3/t14-;11-;/m00./s1. The normalized spacial score (nSPS) is 17.4. The SMILES string of the molecule is CC(C)(O)CN.CC(C)(O)CNC(=O)[C@H]1CCN(C(=O)OCc2ccccc2)C1.O=C(O)[C@H]1CCN(C(=O)OCc2ccccc2)C1. The van der Waals surface area contributed by atoms with Crippen LogP contribution in [0.4, 0.5) is 9.59 Å². The molecule has 260 valence electrons. The highest BCUT2D eigenvalue weighted by Gasteiger charge is 2.33. The number of likely N-dealkylation sites (tertiary alicyclic amines) is 2. The Labute approximate surface area is 276 Å². The van der Waals surface area contributed by atoms with E-state index in [1.165, 1.54) is 4.90 Å². The molecule has 0 aliphatic carbocycles. The van der Waals surface area contributed by atoms with Crippen molar-refractivity contribution in [1.29, 1.82) is 0 Å². The Morgan fingerprint density at radius 2 is 1.17 bits per heavy atom.